The average molecular weight is 271 g/mol. The summed E-state index contributed by atoms with van der Waals surface area (Å²) in [6.45, 7) is 2.42. The van der Waals surface area contributed by atoms with Crippen molar-refractivity contribution in [1.29, 1.82) is 0 Å². The van der Waals surface area contributed by atoms with Crippen molar-refractivity contribution >= 4 is 11.5 Å². The van der Waals surface area contributed by atoms with Crippen LogP contribution in [0.3, 0.4) is 0 Å². The molecule has 0 bridgehead atoms. The van der Waals surface area contributed by atoms with Crippen LogP contribution in [0.15, 0.2) is 42.6 Å². The van der Waals surface area contributed by atoms with Gasteiger partial charge in [-0.2, -0.15) is 0 Å². The second-order valence-corrected chi connectivity index (χ2v) is 4.63. The van der Waals surface area contributed by atoms with Crippen LogP contribution >= 0.6 is 0 Å². The van der Waals surface area contributed by atoms with E-state index in [1.165, 1.54) is 17.8 Å². The van der Waals surface area contributed by atoms with Crippen LogP contribution in [0.5, 0.6) is 0 Å². The Labute approximate surface area is 117 Å². The number of benzene rings is 1. The van der Waals surface area contributed by atoms with Gasteiger partial charge in [-0.25, -0.2) is 4.98 Å². The molecule has 1 aromatic heterocycles. The molecule has 20 heavy (non-hydrogen) atoms. The molecule has 0 aliphatic rings. The number of hydrogen-bond donors (Lipinski definition) is 1. The van der Waals surface area contributed by atoms with Gasteiger partial charge in [0.1, 0.15) is 5.82 Å². The fourth-order valence-corrected chi connectivity index (χ4v) is 1.96. The smallest absolute Gasteiger partial charge is 0.277 e. The fraction of sp³-hybridized carbons (Fsp3) is 0.267. The number of nitrogens with zero attached hydrogens (tertiary/aromatic N) is 2. The summed E-state index contributed by atoms with van der Waals surface area (Å²) < 4.78 is 0. The molecule has 1 heterocycles. The molecule has 0 saturated carbocycles. The molecule has 0 atom stereocenters. The third-order valence-corrected chi connectivity index (χ3v) is 3.06. The van der Waals surface area contributed by atoms with E-state index in [0.717, 1.165) is 19.4 Å². The van der Waals surface area contributed by atoms with Gasteiger partial charge in [0.05, 0.1) is 11.0 Å². The largest absolute Gasteiger partial charge is 0.370 e. The monoisotopic (exact) mass is 271 g/mol. The molecule has 0 aliphatic carbocycles. The molecule has 2 aromatic rings. The first-order valence-electron chi connectivity index (χ1n) is 6.55. The maximum absolute atomic E-state index is 10.8. The van der Waals surface area contributed by atoms with Crippen LogP contribution in [-0.4, -0.2) is 16.5 Å². The minimum atomic E-state index is -0.383. The van der Waals surface area contributed by atoms with E-state index in [4.69, 9.17) is 0 Å². The summed E-state index contributed by atoms with van der Waals surface area (Å²) in [4.78, 5) is 14.6. The first-order chi connectivity index (χ1) is 9.66. The highest BCUT2D eigenvalue weighted by molar-refractivity contribution is 5.48. The van der Waals surface area contributed by atoms with Gasteiger partial charge in [-0.05, 0) is 25.3 Å². The summed E-state index contributed by atoms with van der Waals surface area (Å²) in [6.07, 6.45) is 3.45. The Hall–Kier alpha value is -2.43. The van der Waals surface area contributed by atoms with Crippen LogP contribution in [0.4, 0.5) is 11.5 Å². The van der Waals surface area contributed by atoms with Gasteiger partial charge < -0.3 is 5.32 Å². The number of nitro groups is 1. The van der Waals surface area contributed by atoms with Crippen LogP contribution in [0, 0.1) is 17.0 Å². The van der Waals surface area contributed by atoms with Crippen LogP contribution < -0.4 is 5.32 Å². The zero-order valence-corrected chi connectivity index (χ0v) is 11.4. The number of rotatable bonds is 6. The second-order valence-electron chi connectivity index (χ2n) is 4.63. The molecule has 0 spiro atoms. The molecule has 5 nitrogen and oxygen atoms in total. The SMILES string of the molecule is Cc1cnc(NCCCc2ccccc2)cc1[N+](=O)[O-]. The predicted molar refractivity (Wildman–Crippen MR) is 78.9 cm³/mol. The summed E-state index contributed by atoms with van der Waals surface area (Å²) >= 11 is 0. The van der Waals surface area contributed by atoms with Crippen LogP contribution in [0.25, 0.3) is 0 Å². The van der Waals surface area contributed by atoms with Crippen LogP contribution in [0.1, 0.15) is 17.5 Å². The Balaban J connectivity index is 1.85. The third-order valence-electron chi connectivity index (χ3n) is 3.06. The quantitative estimate of drug-likeness (QED) is 0.497. The lowest BCUT2D eigenvalue weighted by Crippen LogP contribution is -2.05. The summed E-state index contributed by atoms with van der Waals surface area (Å²) in [5.41, 5.74) is 1.97. The van der Waals surface area contributed by atoms with Gasteiger partial charge in [0.15, 0.2) is 0 Å². The lowest BCUT2D eigenvalue weighted by atomic mass is 10.1. The molecule has 0 radical (unpaired) electrons. The Bertz CT molecular complexity index is 585. The van der Waals surface area contributed by atoms with Gasteiger partial charge in [-0.15, -0.1) is 0 Å². The molecule has 104 valence electrons. The highest BCUT2D eigenvalue weighted by atomic mass is 16.6. The van der Waals surface area contributed by atoms with Gasteiger partial charge in [0.25, 0.3) is 5.69 Å². The molecule has 0 unspecified atom stereocenters. The molecule has 0 fully saturated rings. The lowest BCUT2D eigenvalue weighted by molar-refractivity contribution is -0.385. The van der Waals surface area contributed by atoms with Gasteiger partial charge in [0, 0.05) is 18.3 Å². The number of anilines is 1. The summed E-state index contributed by atoms with van der Waals surface area (Å²) in [5.74, 6) is 0.551. The van der Waals surface area contributed by atoms with Crippen molar-refractivity contribution in [3.05, 3.63) is 63.8 Å². The molecule has 5 heteroatoms. The average Bonchev–Trinajstić information content (AvgIpc) is 2.46. The number of nitrogens with one attached hydrogen (secondary N) is 1. The van der Waals surface area contributed by atoms with E-state index < -0.39 is 0 Å². The summed E-state index contributed by atoms with van der Waals surface area (Å²) in [5, 5.41) is 14.0. The summed E-state index contributed by atoms with van der Waals surface area (Å²) in [7, 11) is 0. The van der Waals surface area contributed by atoms with E-state index in [9.17, 15) is 10.1 Å². The maximum atomic E-state index is 10.8. The predicted octanol–water partition coefficient (Wildman–Crippen LogP) is 3.34. The minimum absolute atomic E-state index is 0.102. The highest BCUT2D eigenvalue weighted by Gasteiger charge is 2.11. The number of pyridine rings is 1. The zero-order chi connectivity index (χ0) is 14.4. The molecular weight excluding hydrogens is 254 g/mol. The number of hydrogen-bond acceptors (Lipinski definition) is 4. The standard InChI is InChI=1S/C15H17N3O2/c1-12-11-17-15(10-14(12)18(19)20)16-9-5-8-13-6-3-2-4-7-13/h2-4,6-7,10-11H,5,8-9H2,1H3,(H,16,17). The van der Waals surface area contributed by atoms with E-state index in [2.05, 4.69) is 22.4 Å². The topological polar surface area (TPSA) is 68.1 Å². The molecule has 0 amide bonds. The van der Waals surface area contributed by atoms with E-state index in [0.29, 0.717) is 11.4 Å². The van der Waals surface area contributed by atoms with Gasteiger partial charge in [-0.1, -0.05) is 30.3 Å². The van der Waals surface area contributed by atoms with Crippen molar-refractivity contribution in [1.82, 2.24) is 4.98 Å². The Morgan fingerprint density at radius 3 is 2.75 bits per heavy atom. The van der Waals surface area contributed by atoms with Gasteiger partial charge in [0.2, 0.25) is 0 Å². The number of aromatic nitrogens is 1. The number of aryl methyl sites for hydroxylation is 2. The maximum Gasteiger partial charge on any atom is 0.277 e. The Morgan fingerprint density at radius 1 is 1.30 bits per heavy atom. The van der Waals surface area contributed by atoms with Crippen molar-refractivity contribution in [3.63, 3.8) is 0 Å². The highest BCUT2D eigenvalue weighted by Crippen LogP contribution is 2.19. The second kappa shape index (κ2) is 6.65. The van der Waals surface area contributed by atoms with Gasteiger partial charge >= 0.3 is 0 Å². The molecule has 2 rings (SSSR count). The fourth-order valence-electron chi connectivity index (χ4n) is 1.96. The molecular formula is C15H17N3O2. The Kier molecular flexibility index (Phi) is 4.65. The van der Waals surface area contributed by atoms with E-state index in [1.807, 2.05) is 18.2 Å². The van der Waals surface area contributed by atoms with E-state index in [1.54, 1.807) is 6.92 Å². The van der Waals surface area contributed by atoms with E-state index in [-0.39, 0.29) is 10.6 Å². The van der Waals surface area contributed by atoms with Crippen molar-refractivity contribution in [2.45, 2.75) is 19.8 Å². The van der Waals surface area contributed by atoms with Gasteiger partial charge in [-0.3, -0.25) is 10.1 Å². The molecule has 1 N–H and O–H groups in total. The van der Waals surface area contributed by atoms with Crippen LogP contribution in [-0.2, 0) is 6.42 Å². The van der Waals surface area contributed by atoms with Crippen molar-refractivity contribution < 1.29 is 4.92 Å². The van der Waals surface area contributed by atoms with Crippen molar-refractivity contribution in [3.8, 4) is 0 Å². The zero-order valence-electron chi connectivity index (χ0n) is 11.4. The minimum Gasteiger partial charge on any atom is -0.370 e. The lowest BCUT2D eigenvalue weighted by Gasteiger charge is -2.06. The first-order valence-corrected chi connectivity index (χ1v) is 6.55. The summed E-state index contributed by atoms with van der Waals surface area (Å²) in [6, 6.07) is 11.7. The molecule has 0 aliphatic heterocycles. The third kappa shape index (κ3) is 3.78. The first kappa shape index (κ1) is 14.0. The normalized spacial score (nSPS) is 10.2. The van der Waals surface area contributed by atoms with Crippen LogP contribution in [0.2, 0.25) is 0 Å². The van der Waals surface area contributed by atoms with Crippen molar-refractivity contribution in [2.24, 2.45) is 0 Å². The molecule has 1 aromatic carbocycles. The Morgan fingerprint density at radius 2 is 2.05 bits per heavy atom. The van der Waals surface area contributed by atoms with E-state index >= 15 is 0 Å². The van der Waals surface area contributed by atoms with Crippen molar-refractivity contribution in [2.75, 3.05) is 11.9 Å². The molecule has 0 saturated heterocycles.